The fraction of sp³-hybridized carbons (Fsp3) is 0.136. The maximum absolute atomic E-state index is 13.4. The first-order valence-electron chi connectivity index (χ1n) is 8.50. The molecule has 0 amide bonds. The normalized spacial score (nSPS) is 11.3. The fourth-order valence-electron chi connectivity index (χ4n) is 3.46. The first kappa shape index (κ1) is 16.1. The topological polar surface area (TPSA) is 22.0 Å². The summed E-state index contributed by atoms with van der Waals surface area (Å²) < 4.78 is 3.19. The van der Waals surface area contributed by atoms with Gasteiger partial charge in [-0.2, -0.15) is 0 Å². The molecule has 0 saturated heterocycles. The molecule has 0 aliphatic rings. The number of fused-ring (bicyclic) bond motifs is 2. The van der Waals surface area contributed by atoms with E-state index in [1.54, 1.807) is 0 Å². The smallest absolute Gasteiger partial charge is 0.195 e. The highest BCUT2D eigenvalue weighted by molar-refractivity contribution is 9.10. The highest BCUT2D eigenvalue weighted by Crippen LogP contribution is 2.30. The number of carbonyl (C=O) groups excluding carboxylic acids is 1. The van der Waals surface area contributed by atoms with Gasteiger partial charge in [-0.3, -0.25) is 4.79 Å². The molecular formula is C22H18BrNO. The van der Waals surface area contributed by atoms with Gasteiger partial charge >= 0.3 is 0 Å². The number of aryl methyl sites for hydroxylation is 1. The summed E-state index contributed by atoms with van der Waals surface area (Å²) in [7, 11) is 0. The number of benzene rings is 3. The molecule has 1 heterocycles. The van der Waals surface area contributed by atoms with Crippen LogP contribution >= 0.6 is 15.9 Å². The van der Waals surface area contributed by atoms with Crippen molar-refractivity contribution in [2.75, 3.05) is 0 Å². The summed E-state index contributed by atoms with van der Waals surface area (Å²) >= 11 is 3.59. The molecule has 4 rings (SSSR count). The van der Waals surface area contributed by atoms with E-state index >= 15 is 0 Å². The number of halogens is 1. The lowest BCUT2D eigenvalue weighted by Gasteiger charge is -2.07. The Hall–Kier alpha value is -2.39. The largest absolute Gasteiger partial charge is 0.347 e. The van der Waals surface area contributed by atoms with Crippen LogP contribution in [0.3, 0.4) is 0 Å². The van der Waals surface area contributed by atoms with E-state index in [9.17, 15) is 4.79 Å². The average Bonchev–Trinajstić information content (AvgIpc) is 3.01. The van der Waals surface area contributed by atoms with Gasteiger partial charge in [-0.05, 0) is 35.4 Å². The van der Waals surface area contributed by atoms with Crippen molar-refractivity contribution in [3.05, 3.63) is 82.5 Å². The number of rotatable bonds is 4. The molecule has 3 heteroatoms. The minimum absolute atomic E-state index is 0.0785. The minimum atomic E-state index is 0.0785. The lowest BCUT2D eigenvalue weighted by atomic mass is 9.97. The monoisotopic (exact) mass is 391 g/mol. The van der Waals surface area contributed by atoms with E-state index in [4.69, 9.17) is 0 Å². The quantitative estimate of drug-likeness (QED) is 0.379. The molecule has 0 atom stereocenters. The van der Waals surface area contributed by atoms with Crippen LogP contribution in [0, 0.1) is 0 Å². The second-order valence-electron chi connectivity index (χ2n) is 6.22. The first-order chi connectivity index (χ1) is 12.2. The van der Waals surface area contributed by atoms with Crippen molar-refractivity contribution in [1.29, 1.82) is 0 Å². The molecule has 0 fully saturated rings. The highest BCUT2D eigenvalue weighted by atomic mass is 79.9. The van der Waals surface area contributed by atoms with Crippen LogP contribution in [0.15, 0.2) is 71.3 Å². The van der Waals surface area contributed by atoms with Crippen LogP contribution in [0.25, 0.3) is 21.7 Å². The second-order valence-corrected chi connectivity index (χ2v) is 7.08. The van der Waals surface area contributed by atoms with E-state index in [0.29, 0.717) is 0 Å². The van der Waals surface area contributed by atoms with Gasteiger partial charge in [0.05, 0.1) is 0 Å². The van der Waals surface area contributed by atoms with Crippen molar-refractivity contribution in [3.8, 4) is 0 Å². The average molecular weight is 392 g/mol. The zero-order valence-corrected chi connectivity index (χ0v) is 15.6. The van der Waals surface area contributed by atoms with Crippen molar-refractivity contribution >= 4 is 43.4 Å². The molecular weight excluding hydrogens is 374 g/mol. The predicted molar refractivity (Wildman–Crippen MR) is 107 cm³/mol. The van der Waals surface area contributed by atoms with Gasteiger partial charge in [-0.1, -0.05) is 65.3 Å². The lowest BCUT2D eigenvalue weighted by molar-refractivity contribution is 0.104. The molecule has 2 nitrogen and oxygen atoms in total. The molecule has 0 unspecified atom stereocenters. The second kappa shape index (κ2) is 6.49. The molecule has 0 bridgehead atoms. The Labute approximate surface area is 155 Å². The van der Waals surface area contributed by atoms with E-state index in [1.165, 1.54) is 0 Å². The molecule has 3 aromatic carbocycles. The van der Waals surface area contributed by atoms with Crippen molar-refractivity contribution in [2.45, 2.75) is 19.9 Å². The van der Waals surface area contributed by atoms with Gasteiger partial charge in [0.25, 0.3) is 0 Å². The van der Waals surface area contributed by atoms with Gasteiger partial charge < -0.3 is 4.57 Å². The van der Waals surface area contributed by atoms with Gasteiger partial charge in [0, 0.05) is 39.2 Å². The third-order valence-corrected chi connectivity index (χ3v) is 5.30. The van der Waals surface area contributed by atoms with Crippen LogP contribution in [0.2, 0.25) is 0 Å². The van der Waals surface area contributed by atoms with Crippen LogP contribution in [0.5, 0.6) is 0 Å². The van der Waals surface area contributed by atoms with E-state index < -0.39 is 0 Å². The number of para-hydroxylation sites is 1. The van der Waals surface area contributed by atoms with Gasteiger partial charge in [0.2, 0.25) is 0 Å². The maximum Gasteiger partial charge on any atom is 0.195 e. The van der Waals surface area contributed by atoms with Crippen molar-refractivity contribution in [1.82, 2.24) is 4.57 Å². The fourth-order valence-corrected chi connectivity index (χ4v) is 3.94. The van der Waals surface area contributed by atoms with E-state index in [1.807, 2.05) is 60.8 Å². The standard InChI is InChI=1S/C22H18BrNO/c1-2-13-24-14-19(17-9-5-6-10-21(17)24)22(25)18-11-12-20(23)16-8-4-3-7-15(16)18/h3-12,14H,2,13H2,1H3. The zero-order chi connectivity index (χ0) is 17.4. The van der Waals surface area contributed by atoms with Crippen LogP contribution < -0.4 is 0 Å². The molecule has 4 aromatic rings. The molecule has 124 valence electrons. The van der Waals surface area contributed by atoms with Gasteiger partial charge in [0.15, 0.2) is 5.78 Å². The Morgan fingerprint density at radius 3 is 2.32 bits per heavy atom. The highest BCUT2D eigenvalue weighted by Gasteiger charge is 2.18. The van der Waals surface area contributed by atoms with Crippen LogP contribution in [-0.2, 0) is 6.54 Å². The SMILES string of the molecule is CCCn1cc(C(=O)c2ccc(Br)c3ccccc23)c2ccccc21. The number of nitrogens with zero attached hydrogens (tertiary/aromatic N) is 1. The van der Waals surface area contributed by atoms with Crippen LogP contribution in [-0.4, -0.2) is 10.4 Å². The molecule has 0 N–H and O–H groups in total. The predicted octanol–water partition coefficient (Wildman–Crippen LogP) is 6.20. The Bertz CT molecular complexity index is 1090. The maximum atomic E-state index is 13.4. The minimum Gasteiger partial charge on any atom is -0.347 e. The number of hydrogen-bond acceptors (Lipinski definition) is 1. The number of aromatic nitrogens is 1. The first-order valence-corrected chi connectivity index (χ1v) is 9.30. The summed E-state index contributed by atoms with van der Waals surface area (Å²) in [4.78, 5) is 13.4. The third-order valence-electron chi connectivity index (χ3n) is 4.61. The van der Waals surface area contributed by atoms with Crippen LogP contribution in [0.4, 0.5) is 0 Å². The summed E-state index contributed by atoms with van der Waals surface area (Å²) in [6, 6.07) is 20.0. The summed E-state index contributed by atoms with van der Waals surface area (Å²) in [6.45, 7) is 3.06. The summed E-state index contributed by atoms with van der Waals surface area (Å²) in [5, 5.41) is 3.06. The zero-order valence-electron chi connectivity index (χ0n) is 14.0. The van der Waals surface area contributed by atoms with Crippen molar-refractivity contribution in [3.63, 3.8) is 0 Å². The van der Waals surface area contributed by atoms with E-state index in [2.05, 4.69) is 33.5 Å². The van der Waals surface area contributed by atoms with Gasteiger partial charge in [-0.15, -0.1) is 0 Å². The molecule has 0 radical (unpaired) electrons. The van der Waals surface area contributed by atoms with Gasteiger partial charge in [-0.25, -0.2) is 0 Å². The lowest BCUT2D eigenvalue weighted by Crippen LogP contribution is -2.02. The van der Waals surface area contributed by atoms with Gasteiger partial charge in [0.1, 0.15) is 0 Å². The Morgan fingerprint density at radius 1 is 0.880 bits per heavy atom. The molecule has 0 aliphatic heterocycles. The van der Waals surface area contributed by atoms with E-state index in [-0.39, 0.29) is 5.78 Å². The Kier molecular flexibility index (Phi) is 4.18. The van der Waals surface area contributed by atoms with Crippen molar-refractivity contribution < 1.29 is 4.79 Å². The number of carbonyl (C=O) groups is 1. The molecule has 0 aliphatic carbocycles. The summed E-state index contributed by atoms with van der Waals surface area (Å²) in [5.74, 6) is 0.0785. The van der Waals surface area contributed by atoms with Crippen LogP contribution in [0.1, 0.15) is 29.3 Å². The molecule has 25 heavy (non-hydrogen) atoms. The molecule has 1 aromatic heterocycles. The summed E-state index contributed by atoms with van der Waals surface area (Å²) in [6.07, 6.45) is 3.04. The molecule has 0 spiro atoms. The van der Waals surface area contributed by atoms with Crippen molar-refractivity contribution in [2.24, 2.45) is 0 Å². The van der Waals surface area contributed by atoms with E-state index in [0.717, 1.165) is 50.2 Å². The Morgan fingerprint density at radius 2 is 1.56 bits per heavy atom. The Balaban J connectivity index is 1.93. The number of hydrogen-bond donors (Lipinski definition) is 0. The third kappa shape index (κ3) is 2.69. The summed E-state index contributed by atoms with van der Waals surface area (Å²) in [5.41, 5.74) is 2.64. The molecule has 0 saturated carbocycles. The number of ketones is 1.